The van der Waals surface area contributed by atoms with Gasteiger partial charge in [0.15, 0.2) is 0 Å². The number of fused-ring (bicyclic) bond motifs is 1. The minimum atomic E-state index is -0.976. The number of carbonyl (C=O) groups is 3. The van der Waals surface area contributed by atoms with Crippen LogP contribution in [0.15, 0.2) is 18.3 Å². The van der Waals surface area contributed by atoms with E-state index in [0.717, 1.165) is 6.42 Å². The van der Waals surface area contributed by atoms with Gasteiger partial charge in [0.1, 0.15) is 18.3 Å². The van der Waals surface area contributed by atoms with Gasteiger partial charge >= 0.3 is 6.09 Å². The summed E-state index contributed by atoms with van der Waals surface area (Å²) in [5.41, 5.74) is 6.39. The van der Waals surface area contributed by atoms with E-state index in [1.165, 1.54) is 4.90 Å². The fourth-order valence-corrected chi connectivity index (χ4v) is 4.48. The quantitative estimate of drug-likeness (QED) is 0.550. The molecule has 3 amide bonds. The molecule has 1 atom stereocenters. The lowest BCUT2D eigenvalue weighted by molar-refractivity contribution is -0.132. The van der Waals surface area contributed by atoms with Crippen LogP contribution in [0.3, 0.4) is 0 Å². The standard InChI is InChI=1S/C27H29N5O6/c1-16(2)37-23-11-21-20(10-22(23)25(29)34)18(6-5-17-13-32(14-17)27(35)36)12-30-26(21)38-19-4-3-9-31(15-19)24(33)7-8-28/h10-12,16-17,19H,3-4,7,9,13-15H2,1-2H3,(H2,29,34)(H,35,36)/t19-/m1/s1. The molecule has 0 saturated carbocycles. The second-order valence-corrected chi connectivity index (χ2v) is 9.61. The number of piperidine rings is 1. The Morgan fingerprint density at radius 3 is 2.63 bits per heavy atom. The second kappa shape index (κ2) is 11.3. The second-order valence-electron chi connectivity index (χ2n) is 9.61. The first-order valence-electron chi connectivity index (χ1n) is 12.4. The molecule has 2 fully saturated rings. The highest BCUT2D eigenvalue weighted by Crippen LogP contribution is 2.34. The molecule has 0 radical (unpaired) electrons. The summed E-state index contributed by atoms with van der Waals surface area (Å²) < 4.78 is 12.1. The average molecular weight is 520 g/mol. The Hall–Kier alpha value is -4.51. The monoisotopic (exact) mass is 519 g/mol. The number of ether oxygens (including phenoxy) is 2. The van der Waals surface area contributed by atoms with Gasteiger partial charge in [0, 0.05) is 36.6 Å². The third-order valence-electron chi connectivity index (χ3n) is 6.38. The van der Waals surface area contributed by atoms with Crippen LogP contribution >= 0.6 is 0 Å². The third kappa shape index (κ3) is 5.89. The molecule has 1 aromatic carbocycles. The van der Waals surface area contributed by atoms with Crippen LogP contribution in [0.25, 0.3) is 10.8 Å². The summed E-state index contributed by atoms with van der Waals surface area (Å²) >= 11 is 0. The van der Waals surface area contributed by atoms with Crippen LogP contribution in [0.5, 0.6) is 11.6 Å². The fourth-order valence-electron chi connectivity index (χ4n) is 4.48. The first kappa shape index (κ1) is 26.6. The van der Waals surface area contributed by atoms with Crippen LogP contribution in [0.2, 0.25) is 0 Å². The summed E-state index contributed by atoms with van der Waals surface area (Å²) in [6.45, 7) is 5.23. The van der Waals surface area contributed by atoms with E-state index in [1.807, 2.05) is 19.9 Å². The molecule has 0 aliphatic carbocycles. The van der Waals surface area contributed by atoms with Gasteiger partial charge < -0.3 is 30.1 Å². The minimum Gasteiger partial charge on any atom is -0.490 e. The highest BCUT2D eigenvalue weighted by Gasteiger charge is 2.29. The Kier molecular flexibility index (Phi) is 7.87. The SMILES string of the molecule is CC(C)Oc1cc2c(O[C@@H]3CCCN(C(=O)CC#N)C3)ncc(C#CC3CN(C(=O)O)C3)c2cc1C(N)=O. The molecule has 0 unspecified atom stereocenters. The minimum absolute atomic E-state index is 0.101. The lowest BCUT2D eigenvalue weighted by Crippen LogP contribution is -2.48. The Labute approximate surface area is 220 Å². The van der Waals surface area contributed by atoms with E-state index in [-0.39, 0.29) is 36.0 Å². The molecule has 1 aromatic heterocycles. The van der Waals surface area contributed by atoms with Gasteiger partial charge in [0.25, 0.3) is 5.91 Å². The van der Waals surface area contributed by atoms with E-state index in [1.54, 1.807) is 23.2 Å². The lowest BCUT2D eigenvalue weighted by Gasteiger charge is -2.33. The van der Waals surface area contributed by atoms with E-state index >= 15 is 0 Å². The zero-order chi connectivity index (χ0) is 27.4. The highest BCUT2D eigenvalue weighted by molar-refractivity contribution is 6.03. The maximum Gasteiger partial charge on any atom is 0.407 e. The Bertz CT molecular complexity index is 1370. The number of hydrogen-bond acceptors (Lipinski definition) is 7. The highest BCUT2D eigenvalue weighted by atomic mass is 16.5. The number of nitriles is 1. The first-order chi connectivity index (χ1) is 18.2. The third-order valence-corrected chi connectivity index (χ3v) is 6.38. The van der Waals surface area contributed by atoms with Crippen molar-refractivity contribution in [3.63, 3.8) is 0 Å². The fraction of sp³-hybridized carbons (Fsp3) is 0.444. The zero-order valence-electron chi connectivity index (χ0n) is 21.3. The molecule has 4 rings (SSSR count). The zero-order valence-corrected chi connectivity index (χ0v) is 21.3. The Morgan fingerprint density at radius 2 is 1.97 bits per heavy atom. The van der Waals surface area contributed by atoms with Gasteiger partial charge in [-0.25, -0.2) is 9.78 Å². The maximum absolute atomic E-state index is 12.3. The number of rotatable bonds is 6. The number of nitrogens with zero attached hydrogens (tertiary/aromatic N) is 4. The number of pyridine rings is 1. The molecule has 11 heteroatoms. The van der Waals surface area contributed by atoms with Gasteiger partial charge in [-0.15, -0.1) is 0 Å². The number of hydrogen-bond donors (Lipinski definition) is 2. The van der Waals surface area contributed by atoms with Gasteiger partial charge in [-0.1, -0.05) is 11.8 Å². The summed E-state index contributed by atoms with van der Waals surface area (Å²) in [4.78, 5) is 43.0. The molecule has 2 aliphatic rings. The summed E-state index contributed by atoms with van der Waals surface area (Å²) in [5, 5.41) is 19.1. The van der Waals surface area contributed by atoms with Crippen molar-refractivity contribution in [1.82, 2.24) is 14.8 Å². The summed E-state index contributed by atoms with van der Waals surface area (Å²) in [5.74, 6) is 5.76. The number of nitrogens with two attached hydrogens (primary N) is 1. The number of carboxylic acid groups (broad SMARTS) is 1. The van der Waals surface area contributed by atoms with Gasteiger partial charge in [-0.3, -0.25) is 9.59 Å². The van der Waals surface area contributed by atoms with Crippen molar-refractivity contribution in [2.45, 2.75) is 45.3 Å². The first-order valence-corrected chi connectivity index (χ1v) is 12.4. The molecule has 0 bridgehead atoms. The average Bonchev–Trinajstić information content (AvgIpc) is 2.83. The van der Waals surface area contributed by atoms with E-state index in [4.69, 9.17) is 25.6 Å². The summed E-state index contributed by atoms with van der Waals surface area (Å²) in [6, 6.07) is 5.17. The molecule has 38 heavy (non-hydrogen) atoms. The van der Waals surface area contributed by atoms with Gasteiger partial charge in [-0.05, 0) is 38.8 Å². The smallest absolute Gasteiger partial charge is 0.407 e. The van der Waals surface area contributed by atoms with Crippen LogP contribution in [-0.4, -0.2) is 76.2 Å². The molecule has 2 aliphatic heterocycles. The van der Waals surface area contributed by atoms with E-state index in [2.05, 4.69) is 16.8 Å². The normalized spacial score (nSPS) is 17.3. The molecule has 11 nitrogen and oxygen atoms in total. The predicted molar refractivity (Wildman–Crippen MR) is 136 cm³/mol. The molecule has 3 N–H and O–H groups in total. The number of likely N-dealkylation sites (tertiary alicyclic amines) is 2. The molecule has 3 heterocycles. The van der Waals surface area contributed by atoms with E-state index < -0.39 is 12.0 Å². The number of amides is 3. The summed E-state index contributed by atoms with van der Waals surface area (Å²) in [6.07, 6.45) is 1.27. The predicted octanol–water partition coefficient (Wildman–Crippen LogP) is 2.37. The molecule has 0 spiro atoms. The molecular weight excluding hydrogens is 490 g/mol. The van der Waals surface area contributed by atoms with Crippen LogP contribution in [0, 0.1) is 29.1 Å². The van der Waals surface area contributed by atoms with E-state index in [9.17, 15) is 14.4 Å². The van der Waals surface area contributed by atoms with Crippen molar-refractivity contribution in [2.24, 2.45) is 11.7 Å². The van der Waals surface area contributed by atoms with Crippen LogP contribution in [0.1, 0.15) is 49.0 Å². The van der Waals surface area contributed by atoms with Crippen molar-refractivity contribution in [2.75, 3.05) is 26.2 Å². The summed E-state index contributed by atoms with van der Waals surface area (Å²) in [7, 11) is 0. The van der Waals surface area contributed by atoms with Crippen molar-refractivity contribution >= 4 is 28.7 Å². The number of benzene rings is 1. The van der Waals surface area contributed by atoms with Gasteiger partial charge in [-0.2, -0.15) is 5.26 Å². The van der Waals surface area contributed by atoms with Crippen molar-refractivity contribution in [1.29, 1.82) is 5.26 Å². The van der Waals surface area contributed by atoms with Crippen LogP contribution < -0.4 is 15.2 Å². The maximum atomic E-state index is 12.3. The largest absolute Gasteiger partial charge is 0.490 e. The van der Waals surface area contributed by atoms with Crippen LogP contribution in [-0.2, 0) is 4.79 Å². The van der Waals surface area contributed by atoms with Crippen molar-refractivity contribution in [3.8, 4) is 29.5 Å². The lowest BCUT2D eigenvalue weighted by atomic mass is 9.99. The topological polar surface area (TPSA) is 159 Å². The van der Waals surface area contributed by atoms with Crippen LogP contribution in [0.4, 0.5) is 4.79 Å². The Morgan fingerprint density at radius 1 is 1.21 bits per heavy atom. The van der Waals surface area contributed by atoms with Crippen molar-refractivity contribution in [3.05, 3.63) is 29.5 Å². The Balaban J connectivity index is 1.71. The van der Waals surface area contributed by atoms with Gasteiger partial charge in [0.05, 0.1) is 35.8 Å². The number of primary amides is 1. The number of aromatic nitrogens is 1. The molecule has 2 aromatic rings. The molecular formula is C27H29N5O6. The van der Waals surface area contributed by atoms with E-state index in [0.29, 0.717) is 60.6 Å². The van der Waals surface area contributed by atoms with Gasteiger partial charge in [0.2, 0.25) is 11.8 Å². The van der Waals surface area contributed by atoms with Crippen molar-refractivity contribution < 1.29 is 29.0 Å². The molecule has 198 valence electrons. The number of carbonyl (C=O) groups excluding carboxylic acids is 2. The molecule has 2 saturated heterocycles.